The summed E-state index contributed by atoms with van der Waals surface area (Å²) in [5, 5.41) is 39.9. The topological polar surface area (TPSA) is 185 Å². The van der Waals surface area contributed by atoms with Crippen LogP contribution in [0.15, 0.2) is 0 Å². The van der Waals surface area contributed by atoms with Gasteiger partial charge in [0.2, 0.25) is 0 Å². The van der Waals surface area contributed by atoms with Crippen molar-refractivity contribution in [3.8, 4) is 0 Å². The summed E-state index contributed by atoms with van der Waals surface area (Å²) in [6, 6.07) is 0. The van der Waals surface area contributed by atoms with Crippen LogP contribution in [0.2, 0.25) is 0 Å². The van der Waals surface area contributed by atoms with Crippen molar-refractivity contribution in [1.29, 1.82) is 0 Å². The molecule has 3 radical (unpaired) electrons. The zero-order valence-corrected chi connectivity index (χ0v) is 11.5. The highest BCUT2D eigenvalue weighted by Crippen LogP contribution is 1.86. The van der Waals surface area contributed by atoms with Gasteiger partial charge in [-0.1, -0.05) is 0 Å². The molecule has 14 heteroatoms. The van der Waals surface area contributed by atoms with Crippen molar-refractivity contribution in [2.75, 3.05) is 0 Å². The Labute approximate surface area is 128 Å². The molecule has 0 aromatic carbocycles. The number of nitrogens with one attached hydrogen (secondary N) is 3. The highest BCUT2D eigenvalue weighted by atomic mass is 16.4. The van der Waals surface area contributed by atoms with E-state index in [1.165, 1.54) is 0 Å². The summed E-state index contributed by atoms with van der Waals surface area (Å²) >= 11 is 0. The lowest BCUT2D eigenvalue weighted by atomic mass is 9.85. The van der Waals surface area contributed by atoms with Crippen LogP contribution in [0.4, 0.5) is 0 Å². The van der Waals surface area contributed by atoms with Gasteiger partial charge in [-0.05, 0) is 0 Å². The van der Waals surface area contributed by atoms with E-state index in [0.717, 1.165) is 0 Å². The molecular weight excluding hydrogens is 299 g/mol. The summed E-state index contributed by atoms with van der Waals surface area (Å²) in [6.07, 6.45) is -1.19. The Bertz CT molecular complexity index is 299. The number of carboxylic acids is 4. The Kier molecular flexibility index (Phi) is 15.5. The van der Waals surface area contributed by atoms with Crippen LogP contribution in [0.3, 0.4) is 0 Å². The SMILES string of the molecule is O=C(O)CCC(=O)O.O=C(O)CCC(=O)O.[B]1N[B]N[B]N1. The summed E-state index contributed by atoms with van der Waals surface area (Å²) in [6.45, 7) is 0. The third kappa shape index (κ3) is 26.5. The van der Waals surface area contributed by atoms with E-state index in [0.29, 0.717) is 0 Å². The fraction of sp³-hybridized carbons (Fsp3) is 0.500. The van der Waals surface area contributed by atoms with E-state index in [2.05, 4.69) is 15.4 Å². The molecule has 11 nitrogen and oxygen atoms in total. The van der Waals surface area contributed by atoms with Crippen LogP contribution in [0.1, 0.15) is 25.7 Å². The largest absolute Gasteiger partial charge is 0.481 e. The van der Waals surface area contributed by atoms with E-state index >= 15 is 0 Å². The predicted octanol–water partition coefficient (Wildman–Crippen LogP) is -2.76. The first-order valence-electron chi connectivity index (χ1n) is 5.86. The maximum atomic E-state index is 9.64. The second-order valence-electron chi connectivity index (χ2n) is 3.51. The van der Waals surface area contributed by atoms with Crippen molar-refractivity contribution >= 4 is 46.5 Å². The van der Waals surface area contributed by atoms with Crippen LogP contribution in [0.25, 0.3) is 0 Å². The molecule has 1 saturated heterocycles. The summed E-state index contributed by atoms with van der Waals surface area (Å²) in [7, 11) is 5.16. The van der Waals surface area contributed by atoms with Gasteiger partial charge in [0.05, 0.1) is 25.7 Å². The van der Waals surface area contributed by atoms with E-state index in [1.807, 2.05) is 0 Å². The summed E-state index contributed by atoms with van der Waals surface area (Å²) in [4.78, 5) is 38.6. The minimum absolute atomic E-state index is 0.296. The van der Waals surface area contributed by atoms with Crippen LogP contribution in [0.5, 0.6) is 0 Å². The Morgan fingerprint density at radius 3 is 0.818 bits per heavy atom. The van der Waals surface area contributed by atoms with Gasteiger partial charge in [0.25, 0.3) is 22.6 Å². The molecule has 0 aromatic heterocycles. The van der Waals surface area contributed by atoms with E-state index in [-0.39, 0.29) is 25.7 Å². The van der Waals surface area contributed by atoms with E-state index in [1.54, 1.807) is 22.6 Å². The smallest absolute Gasteiger partial charge is 0.303 e. The van der Waals surface area contributed by atoms with Gasteiger partial charge in [-0.25, -0.2) is 0 Å². The average molecular weight is 314 g/mol. The van der Waals surface area contributed by atoms with Crippen molar-refractivity contribution < 1.29 is 39.6 Å². The molecule has 0 saturated carbocycles. The lowest BCUT2D eigenvalue weighted by molar-refractivity contribution is -0.143. The third-order valence-electron chi connectivity index (χ3n) is 1.61. The normalized spacial score (nSPS) is 11.6. The van der Waals surface area contributed by atoms with Crippen molar-refractivity contribution in [1.82, 2.24) is 15.4 Å². The first kappa shape index (κ1) is 22.2. The Balaban J connectivity index is 0. The molecule has 119 valence electrons. The first-order valence-corrected chi connectivity index (χ1v) is 5.86. The van der Waals surface area contributed by atoms with E-state index in [9.17, 15) is 19.2 Å². The predicted molar refractivity (Wildman–Crippen MR) is 75.7 cm³/mol. The molecule has 1 rings (SSSR count). The average Bonchev–Trinajstić information content (AvgIpc) is 2.46. The minimum atomic E-state index is -1.08. The molecule has 7 N–H and O–H groups in total. The van der Waals surface area contributed by atoms with Crippen molar-refractivity contribution in [2.24, 2.45) is 0 Å². The van der Waals surface area contributed by atoms with Gasteiger partial charge in [-0.2, -0.15) is 0 Å². The molecule has 0 amide bonds. The fourth-order valence-corrected chi connectivity index (χ4v) is 0.697. The summed E-state index contributed by atoms with van der Waals surface area (Å²) < 4.78 is 0. The second-order valence-corrected chi connectivity index (χ2v) is 3.51. The lowest BCUT2D eigenvalue weighted by Crippen LogP contribution is -2.55. The third-order valence-corrected chi connectivity index (χ3v) is 1.61. The standard InChI is InChI=1S/2C4H6O4.B3H3N3/c2*5-3(6)1-2-4(7)8;1-4-2-6-3-5-1/h2*1-2H2,(H,5,6)(H,7,8);4-6H. The van der Waals surface area contributed by atoms with Gasteiger partial charge in [0.1, 0.15) is 0 Å². The number of carboxylic acid groups (broad SMARTS) is 4. The number of rotatable bonds is 6. The zero-order valence-electron chi connectivity index (χ0n) is 11.5. The molecule has 0 bridgehead atoms. The monoisotopic (exact) mass is 314 g/mol. The van der Waals surface area contributed by atoms with Gasteiger partial charge in [-0.15, -0.1) is 0 Å². The zero-order chi connectivity index (χ0) is 17.4. The maximum absolute atomic E-state index is 9.64. The molecule has 0 atom stereocenters. The molecule has 22 heavy (non-hydrogen) atoms. The quantitative estimate of drug-likeness (QED) is 0.252. The highest BCUT2D eigenvalue weighted by molar-refractivity contribution is 6.65. The molecule has 1 fully saturated rings. The summed E-state index contributed by atoms with van der Waals surface area (Å²) in [5.41, 5.74) is 0. The molecule has 1 heterocycles. The van der Waals surface area contributed by atoms with Crippen LogP contribution < -0.4 is 15.4 Å². The molecule has 1 aliphatic rings. The second kappa shape index (κ2) is 15.3. The van der Waals surface area contributed by atoms with Gasteiger partial charge < -0.3 is 35.8 Å². The molecule has 1 aliphatic heterocycles. The van der Waals surface area contributed by atoms with Crippen molar-refractivity contribution in [3.63, 3.8) is 0 Å². The number of carbonyl (C=O) groups is 4. The highest BCUT2D eigenvalue weighted by Gasteiger charge is 2.01. The van der Waals surface area contributed by atoms with Gasteiger partial charge >= 0.3 is 23.9 Å². The molecule has 0 aliphatic carbocycles. The molecule has 0 spiro atoms. The summed E-state index contributed by atoms with van der Waals surface area (Å²) in [5.74, 6) is -4.31. The Hall–Kier alpha value is -2.05. The van der Waals surface area contributed by atoms with Crippen LogP contribution in [0, 0.1) is 0 Å². The van der Waals surface area contributed by atoms with Gasteiger partial charge in [0, 0.05) is 0 Å². The number of aliphatic carboxylic acids is 4. The molecule has 0 unspecified atom stereocenters. The van der Waals surface area contributed by atoms with E-state index < -0.39 is 23.9 Å². The molecular formula is C8H15B3N3O8. The minimum Gasteiger partial charge on any atom is -0.481 e. The van der Waals surface area contributed by atoms with Crippen LogP contribution >= 0.6 is 0 Å². The first-order chi connectivity index (χ1) is 10.3. The van der Waals surface area contributed by atoms with Gasteiger partial charge in [-0.3, -0.25) is 19.2 Å². The van der Waals surface area contributed by atoms with Crippen LogP contribution in [-0.4, -0.2) is 67.0 Å². The van der Waals surface area contributed by atoms with E-state index in [4.69, 9.17) is 20.4 Å². The Morgan fingerprint density at radius 2 is 0.727 bits per heavy atom. The number of hydrogen-bond donors (Lipinski definition) is 7. The lowest BCUT2D eigenvalue weighted by Gasteiger charge is -2.07. The molecule has 0 aromatic rings. The van der Waals surface area contributed by atoms with Crippen LogP contribution in [-0.2, 0) is 19.2 Å². The van der Waals surface area contributed by atoms with Gasteiger partial charge in [0.15, 0.2) is 0 Å². The van der Waals surface area contributed by atoms with Crippen molar-refractivity contribution in [3.05, 3.63) is 0 Å². The van der Waals surface area contributed by atoms with Crippen molar-refractivity contribution in [2.45, 2.75) is 25.7 Å². The Morgan fingerprint density at radius 1 is 0.545 bits per heavy atom. The fourth-order valence-electron chi connectivity index (χ4n) is 0.697. The number of hydrogen-bond acceptors (Lipinski definition) is 7. The maximum Gasteiger partial charge on any atom is 0.303 e.